The number of rotatable bonds is 5. The Morgan fingerprint density at radius 2 is 2.35 bits per heavy atom. The number of anilines is 1. The van der Waals surface area contributed by atoms with Crippen LogP contribution < -0.4 is 16.0 Å². The fourth-order valence-corrected chi connectivity index (χ4v) is 2.82. The Kier molecular flexibility index (Phi) is 5.82. The average Bonchev–Trinajstić information content (AvgIpc) is 2.47. The number of nitrogens with zero attached hydrogens (tertiary/aromatic N) is 1. The lowest BCUT2D eigenvalue weighted by Gasteiger charge is -2.22. The van der Waals surface area contributed by atoms with Crippen LogP contribution in [0.4, 0.5) is 5.69 Å². The zero-order chi connectivity index (χ0) is 14.2. The fourth-order valence-electron chi connectivity index (χ4n) is 1.87. The maximum absolute atomic E-state index is 11.7. The van der Waals surface area contributed by atoms with Crippen LogP contribution in [0.15, 0.2) is 24.5 Å². The van der Waals surface area contributed by atoms with Crippen LogP contribution in [0.25, 0.3) is 0 Å². The minimum atomic E-state index is -0.252. The topological polar surface area (TPSA) is 83.1 Å². The van der Waals surface area contributed by atoms with E-state index in [9.17, 15) is 9.59 Å². The first-order chi connectivity index (χ1) is 9.74. The van der Waals surface area contributed by atoms with E-state index in [-0.39, 0.29) is 24.4 Å². The van der Waals surface area contributed by atoms with Crippen molar-refractivity contribution in [1.29, 1.82) is 0 Å². The highest BCUT2D eigenvalue weighted by molar-refractivity contribution is 7.99. The summed E-state index contributed by atoms with van der Waals surface area (Å²) in [6.45, 7) is 0.914. The van der Waals surface area contributed by atoms with Gasteiger partial charge in [-0.1, -0.05) is 0 Å². The van der Waals surface area contributed by atoms with Gasteiger partial charge >= 0.3 is 0 Å². The van der Waals surface area contributed by atoms with Crippen LogP contribution in [-0.4, -0.2) is 47.4 Å². The van der Waals surface area contributed by atoms with Crippen molar-refractivity contribution < 1.29 is 9.59 Å². The van der Waals surface area contributed by atoms with Gasteiger partial charge in [0.05, 0.1) is 18.4 Å². The average molecular weight is 294 g/mol. The van der Waals surface area contributed by atoms with E-state index in [0.717, 1.165) is 18.1 Å². The van der Waals surface area contributed by atoms with E-state index in [2.05, 4.69) is 20.9 Å². The Balaban J connectivity index is 1.66. The van der Waals surface area contributed by atoms with E-state index in [0.29, 0.717) is 12.1 Å². The second kappa shape index (κ2) is 7.86. The molecule has 3 N–H and O–H groups in total. The number of thioether (sulfide) groups is 1. The van der Waals surface area contributed by atoms with Gasteiger partial charge in [-0.15, -0.1) is 0 Å². The highest BCUT2D eigenvalue weighted by atomic mass is 32.2. The number of hydrogen-bond acceptors (Lipinski definition) is 5. The third-order valence-corrected chi connectivity index (χ3v) is 3.95. The summed E-state index contributed by atoms with van der Waals surface area (Å²) >= 11 is 1.84. The van der Waals surface area contributed by atoms with Crippen LogP contribution in [0.3, 0.4) is 0 Å². The van der Waals surface area contributed by atoms with Crippen molar-refractivity contribution in [1.82, 2.24) is 15.6 Å². The van der Waals surface area contributed by atoms with Crippen LogP contribution >= 0.6 is 11.8 Å². The van der Waals surface area contributed by atoms with Gasteiger partial charge in [-0.3, -0.25) is 14.6 Å². The first kappa shape index (κ1) is 14.8. The van der Waals surface area contributed by atoms with E-state index < -0.39 is 0 Å². The Hall–Kier alpha value is -1.60. The molecule has 1 fully saturated rings. The Labute approximate surface area is 122 Å². The van der Waals surface area contributed by atoms with Crippen LogP contribution in [0, 0.1) is 0 Å². The van der Waals surface area contributed by atoms with Gasteiger partial charge < -0.3 is 16.0 Å². The van der Waals surface area contributed by atoms with Crippen LogP contribution in [0.1, 0.15) is 6.42 Å². The van der Waals surface area contributed by atoms with Crippen LogP contribution in [0.5, 0.6) is 0 Å². The van der Waals surface area contributed by atoms with Crippen molar-refractivity contribution in [3.8, 4) is 0 Å². The standard InChI is InChI=1S/C13H18N4O2S/c18-12(6-11-9-20-5-4-15-11)16-8-13(19)17-10-2-1-3-14-7-10/h1-3,7,11,15H,4-6,8-9H2,(H,16,18)(H,17,19). The summed E-state index contributed by atoms with van der Waals surface area (Å²) in [7, 11) is 0. The smallest absolute Gasteiger partial charge is 0.243 e. The molecule has 0 aliphatic carbocycles. The van der Waals surface area contributed by atoms with Crippen molar-refractivity contribution >= 4 is 29.3 Å². The predicted octanol–water partition coefficient (Wildman–Crippen LogP) is 0.231. The maximum atomic E-state index is 11.7. The summed E-state index contributed by atoms with van der Waals surface area (Å²) in [5.41, 5.74) is 0.622. The lowest BCUT2D eigenvalue weighted by atomic mass is 10.2. The molecule has 2 heterocycles. The van der Waals surface area contributed by atoms with Crippen molar-refractivity contribution in [2.45, 2.75) is 12.5 Å². The first-order valence-corrected chi connectivity index (χ1v) is 7.67. The van der Waals surface area contributed by atoms with E-state index in [1.165, 1.54) is 0 Å². The van der Waals surface area contributed by atoms with Gasteiger partial charge in [-0.05, 0) is 12.1 Å². The molecule has 108 valence electrons. The number of hydrogen-bond donors (Lipinski definition) is 3. The third kappa shape index (κ3) is 5.18. The molecule has 1 atom stereocenters. The monoisotopic (exact) mass is 294 g/mol. The number of amides is 2. The van der Waals surface area contributed by atoms with Gasteiger partial charge in [0.25, 0.3) is 0 Å². The summed E-state index contributed by atoms with van der Waals surface area (Å²) < 4.78 is 0. The molecule has 6 nitrogen and oxygen atoms in total. The van der Waals surface area contributed by atoms with E-state index in [1.54, 1.807) is 24.5 Å². The van der Waals surface area contributed by atoms with Gasteiger partial charge in [-0.2, -0.15) is 11.8 Å². The molecule has 2 rings (SSSR count). The quantitative estimate of drug-likeness (QED) is 0.724. The van der Waals surface area contributed by atoms with Gasteiger partial charge in [0.15, 0.2) is 0 Å². The largest absolute Gasteiger partial charge is 0.347 e. The molecule has 0 bridgehead atoms. The van der Waals surface area contributed by atoms with Crippen molar-refractivity contribution in [3.63, 3.8) is 0 Å². The highest BCUT2D eigenvalue weighted by Crippen LogP contribution is 2.09. The number of aromatic nitrogens is 1. The van der Waals surface area contributed by atoms with E-state index in [4.69, 9.17) is 0 Å². The summed E-state index contributed by atoms with van der Waals surface area (Å²) in [5, 5.41) is 8.58. The third-order valence-electron chi connectivity index (χ3n) is 2.82. The molecule has 1 aromatic rings. The molecule has 20 heavy (non-hydrogen) atoms. The zero-order valence-electron chi connectivity index (χ0n) is 11.1. The zero-order valence-corrected chi connectivity index (χ0v) is 11.9. The molecular formula is C13H18N4O2S. The molecule has 1 saturated heterocycles. The number of nitrogens with one attached hydrogen (secondary N) is 3. The molecule has 1 aliphatic rings. The molecule has 0 spiro atoms. The lowest BCUT2D eigenvalue weighted by Crippen LogP contribution is -2.42. The van der Waals surface area contributed by atoms with Crippen molar-refractivity contribution in [2.75, 3.05) is 29.9 Å². The van der Waals surface area contributed by atoms with Crippen molar-refractivity contribution in [3.05, 3.63) is 24.5 Å². The Morgan fingerprint density at radius 1 is 1.45 bits per heavy atom. The molecule has 7 heteroatoms. The van der Waals surface area contributed by atoms with Crippen LogP contribution in [-0.2, 0) is 9.59 Å². The summed E-state index contributed by atoms with van der Waals surface area (Å²) in [5.74, 6) is 1.67. The molecule has 1 unspecified atom stereocenters. The molecule has 0 aromatic carbocycles. The molecule has 1 aromatic heterocycles. The minimum Gasteiger partial charge on any atom is -0.347 e. The first-order valence-electron chi connectivity index (χ1n) is 6.52. The van der Waals surface area contributed by atoms with Gasteiger partial charge in [-0.25, -0.2) is 0 Å². The minimum absolute atomic E-state index is 0.0202. The van der Waals surface area contributed by atoms with Gasteiger partial charge in [0, 0.05) is 36.7 Å². The lowest BCUT2D eigenvalue weighted by molar-refractivity contribution is -0.124. The Morgan fingerprint density at radius 3 is 3.05 bits per heavy atom. The van der Waals surface area contributed by atoms with Gasteiger partial charge in [0.2, 0.25) is 11.8 Å². The predicted molar refractivity (Wildman–Crippen MR) is 79.6 cm³/mol. The Bertz CT molecular complexity index is 449. The van der Waals surface area contributed by atoms with Crippen LogP contribution in [0.2, 0.25) is 0 Å². The molecular weight excluding hydrogens is 276 g/mol. The fraction of sp³-hybridized carbons (Fsp3) is 0.462. The summed E-state index contributed by atoms with van der Waals surface area (Å²) in [4.78, 5) is 27.2. The highest BCUT2D eigenvalue weighted by Gasteiger charge is 2.16. The molecule has 2 amide bonds. The summed E-state index contributed by atoms with van der Waals surface area (Å²) in [6.07, 6.45) is 3.60. The molecule has 0 saturated carbocycles. The van der Waals surface area contributed by atoms with E-state index in [1.807, 2.05) is 11.8 Å². The number of carbonyl (C=O) groups is 2. The van der Waals surface area contributed by atoms with E-state index >= 15 is 0 Å². The SMILES string of the molecule is O=C(CC1CSCCN1)NCC(=O)Nc1cccnc1. The van der Waals surface area contributed by atoms with Crippen molar-refractivity contribution in [2.24, 2.45) is 0 Å². The summed E-state index contributed by atoms with van der Waals surface area (Å²) in [6, 6.07) is 3.69. The maximum Gasteiger partial charge on any atom is 0.243 e. The molecule has 0 radical (unpaired) electrons. The van der Waals surface area contributed by atoms with Gasteiger partial charge in [0.1, 0.15) is 0 Å². The molecule has 1 aliphatic heterocycles. The normalized spacial score (nSPS) is 18.3. The second-order valence-electron chi connectivity index (χ2n) is 4.50. The number of carbonyl (C=O) groups excluding carboxylic acids is 2. The number of pyridine rings is 1. The second-order valence-corrected chi connectivity index (χ2v) is 5.65.